The number of piperidine rings is 1. The number of hydrogen-bond donors (Lipinski definition) is 1. The van der Waals surface area contributed by atoms with Crippen molar-refractivity contribution in [2.24, 2.45) is 0 Å². The molecule has 3 heterocycles. The molecule has 0 aliphatic carbocycles. The minimum atomic E-state index is -0.0518. The Bertz CT molecular complexity index is 1190. The third kappa shape index (κ3) is 4.24. The van der Waals surface area contributed by atoms with Gasteiger partial charge < -0.3 is 10.2 Å². The number of nitrogens with one attached hydrogen (secondary N) is 1. The van der Waals surface area contributed by atoms with E-state index in [9.17, 15) is 9.59 Å². The van der Waals surface area contributed by atoms with E-state index in [2.05, 4.69) is 11.4 Å². The number of carbonyl (C=O) groups is 2. The van der Waals surface area contributed by atoms with Gasteiger partial charge in [0.05, 0.1) is 20.0 Å². The van der Waals surface area contributed by atoms with Gasteiger partial charge in [-0.05, 0) is 49.2 Å². The first-order valence-electron chi connectivity index (χ1n) is 10.3. The van der Waals surface area contributed by atoms with Gasteiger partial charge in [-0.25, -0.2) is 4.98 Å². The molecular weight excluding hydrogens is 426 g/mol. The van der Waals surface area contributed by atoms with Crippen molar-refractivity contribution in [3.63, 3.8) is 0 Å². The number of thiophene rings is 1. The Morgan fingerprint density at radius 2 is 1.65 bits per heavy atom. The van der Waals surface area contributed by atoms with Crippen molar-refractivity contribution in [3.05, 3.63) is 77.2 Å². The summed E-state index contributed by atoms with van der Waals surface area (Å²) in [6.07, 6.45) is 1.53. The number of benzene rings is 2. The maximum absolute atomic E-state index is 13.0. The van der Waals surface area contributed by atoms with Gasteiger partial charge in [0, 0.05) is 24.7 Å². The van der Waals surface area contributed by atoms with Crippen LogP contribution in [0.1, 0.15) is 32.9 Å². The van der Waals surface area contributed by atoms with Crippen LogP contribution in [0.5, 0.6) is 0 Å². The van der Waals surface area contributed by atoms with Crippen molar-refractivity contribution in [1.29, 1.82) is 0 Å². The third-order valence-corrected chi connectivity index (χ3v) is 7.75. The maximum Gasteiger partial charge on any atom is 0.263 e. The third-order valence-electron chi connectivity index (χ3n) is 5.47. The van der Waals surface area contributed by atoms with E-state index in [0.29, 0.717) is 18.7 Å². The normalized spacial score (nSPS) is 14.6. The van der Waals surface area contributed by atoms with E-state index < -0.39 is 0 Å². The Balaban J connectivity index is 1.20. The van der Waals surface area contributed by atoms with Crippen LogP contribution in [0.3, 0.4) is 0 Å². The Kier molecular flexibility index (Phi) is 5.53. The van der Waals surface area contributed by atoms with Crippen LogP contribution in [0, 0.1) is 0 Å². The zero-order valence-corrected chi connectivity index (χ0v) is 18.4. The monoisotopic (exact) mass is 447 g/mol. The summed E-state index contributed by atoms with van der Waals surface area (Å²) in [5.74, 6) is 0.00862. The highest BCUT2D eigenvalue weighted by Gasteiger charge is 2.26. The summed E-state index contributed by atoms with van der Waals surface area (Å²) in [6.45, 7) is 1.29. The van der Waals surface area contributed by atoms with Crippen molar-refractivity contribution in [2.45, 2.75) is 18.9 Å². The molecule has 156 valence electrons. The predicted octanol–water partition coefficient (Wildman–Crippen LogP) is 5.06. The summed E-state index contributed by atoms with van der Waals surface area (Å²) in [5, 5.41) is 4.04. The SMILES string of the molecule is O=C(NC1CCN(C(=O)c2ccc(-c3nc4ccccc4s3)s2)CC1)c1ccccc1. The van der Waals surface area contributed by atoms with Crippen LogP contribution in [0.4, 0.5) is 0 Å². The van der Waals surface area contributed by atoms with Gasteiger partial charge in [0.25, 0.3) is 11.8 Å². The molecule has 0 spiro atoms. The fraction of sp³-hybridized carbons (Fsp3) is 0.208. The average molecular weight is 448 g/mol. The molecule has 0 radical (unpaired) electrons. The molecule has 31 heavy (non-hydrogen) atoms. The zero-order chi connectivity index (χ0) is 21.2. The summed E-state index contributed by atoms with van der Waals surface area (Å²) in [4.78, 5) is 33.7. The fourth-order valence-corrected chi connectivity index (χ4v) is 5.78. The quantitative estimate of drug-likeness (QED) is 0.476. The van der Waals surface area contributed by atoms with Crippen molar-refractivity contribution in [1.82, 2.24) is 15.2 Å². The molecule has 1 fully saturated rings. The number of likely N-dealkylation sites (tertiary alicyclic amines) is 1. The number of aromatic nitrogens is 1. The van der Waals surface area contributed by atoms with Gasteiger partial charge in [-0.2, -0.15) is 0 Å². The van der Waals surface area contributed by atoms with E-state index in [1.807, 2.05) is 65.6 Å². The zero-order valence-electron chi connectivity index (χ0n) is 16.8. The Hall–Kier alpha value is -3.03. The molecule has 4 aromatic rings. The van der Waals surface area contributed by atoms with Gasteiger partial charge in [0.1, 0.15) is 5.01 Å². The summed E-state index contributed by atoms with van der Waals surface area (Å²) in [6, 6.07) is 21.3. The van der Waals surface area contributed by atoms with Crippen LogP contribution in [0.25, 0.3) is 20.1 Å². The lowest BCUT2D eigenvalue weighted by Gasteiger charge is -2.32. The Morgan fingerprint density at radius 3 is 2.42 bits per heavy atom. The van der Waals surface area contributed by atoms with Crippen molar-refractivity contribution in [2.75, 3.05) is 13.1 Å². The van der Waals surface area contributed by atoms with Gasteiger partial charge in [-0.1, -0.05) is 30.3 Å². The second-order valence-electron chi connectivity index (χ2n) is 7.56. The first-order chi connectivity index (χ1) is 15.2. The van der Waals surface area contributed by atoms with E-state index in [1.165, 1.54) is 11.3 Å². The van der Waals surface area contributed by atoms with Gasteiger partial charge >= 0.3 is 0 Å². The minimum absolute atomic E-state index is 0.0518. The lowest BCUT2D eigenvalue weighted by Crippen LogP contribution is -2.46. The molecule has 1 saturated heterocycles. The van der Waals surface area contributed by atoms with Crippen LogP contribution in [-0.2, 0) is 0 Å². The molecule has 5 rings (SSSR count). The topological polar surface area (TPSA) is 62.3 Å². The molecule has 1 aliphatic rings. The molecule has 0 saturated carbocycles. The van der Waals surface area contributed by atoms with Gasteiger partial charge in [0.2, 0.25) is 0 Å². The van der Waals surface area contributed by atoms with Crippen LogP contribution >= 0.6 is 22.7 Å². The second-order valence-corrected chi connectivity index (χ2v) is 9.67. The molecule has 5 nitrogen and oxygen atoms in total. The lowest BCUT2D eigenvalue weighted by molar-refractivity contribution is 0.0703. The van der Waals surface area contributed by atoms with E-state index in [0.717, 1.165) is 37.8 Å². The molecule has 2 aromatic carbocycles. The average Bonchev–Trinajstić information content (AvgIpc) is 3.47. The molecule has 0 atom stereocenters. The number of fused-ring (bicyclic) bond motifs is 1. The van der Waals surface area contributed by atoms with Gasteiger partial charge in [-0.3, -0.25) is 9.59 Å². The van der Waals surface area contributed by atoms with Crippen LogP contribution < -0.4 is 5.32 Å². The molecule has 2 aromatic heterocycles. The van der Waals surface area contributed by atoms with Crippen molar-refractivity contribution >= 4 is 44.7 Å². The van der Waals surface area contributed by atoms with Gasteiger partial charge in [0.15, 0.2) is 0 Å². The minimum Gasteiger partial charge on any atom is -0.349 e. The van der Waals surface area contributed by atoms with Crippen LogP contribution in [0.2, 0.25) is 0 Å². The molecule has 7 heteroatoms. The molecule has 1 aliphatic heterocycles. The summed E-state index contributed by atoms with van der Waals surface area (Å²) in [7, 11) is 0. The fourth-order valence-electron chi connectivity index (χ4n) is 3.79. The number of carbonyl (C=O) groups excluding carboxylic acids is 2. The number of para-hydroxylation sites is 1. The summed E-state index contributed by atoms with van der Waals surface area (Å²) in [5.41, 5.74) is 1.66. The van der Waals surface area contributed by atoms with E-state index >= 15 is 0 Å². The molecule has 1 N–H and O–H groups in total. The van der Waals surface area contributed by atoms with Crippen LogP contribution in [-0.4, -0.2) is 40.8 Å². The largest absolute Gasteiger partial charge is 0.349 e. The molecule has 0 bridgehead atoms. The maximum atomic E-state index is 13.0. The molecule has 0 unspecified atom stereocenters. The predicted molar refractivity (Wildman–Crippen MR) is 126 cm³/mol. The summed E-state index contributed by atoms with van der Waals surface area (Å²) < 4.78 is 1.15. The second kappa shape index (κ2) is 8.61. The van der Waals surface area contributed by atoms with E-state index in [4.69, 9.17) is 4.98 Å². The highest BCUT2D eigenvalue weighted by Crippen LogP contribution is 2.35. The smallest absolute Gasteiger partial charge is 0.263 e. The molecular formula is C24H21N3O2S2. The summed E-state index contributed by atoms with van der Waals surface area (Å²) >= 11 is 3.15. The number of hydrogen-bond acceptors (Lipinski definition) is 5. The van der Waals surface area contributed by atoms with E-state index in [1.54, 1.807) is 11.3 Å². The first kappa shape index (κ1) is 19.9. The molecule has 2 amide bonds. The van der Waals surface area contributed by atoms with Crippen LogP contribution in [0.15, 0.2) is 66.7 Å². The lowest BCUT2D eigenvalue weighted by atomic mass is 10.0. The Morgan fingerprint density at radius 1 is 0.903 bits per heavy atom. The van der Waals surface area contributed by atoms with Gasteiger partial charge in [-0.15, -0.1) is 22.7 Å². The standard InChI is InChI=1S/C24H21N3O2S2/c28-22(16-6-2-1-3-7-16)25-17-12-14-27(15-13-17)24(29)21-11-10-20(30-21)23-26-18-8-4-5-9-19(18)31-23/h1-11,17H,12-15H2,(H,25,28). The number of rotatable bonds is 4. The first-order valence-corrected chi connectivity index (χ1v) is 11.9. The number of amides is 2. The van der Waals surface area contributed by atoms with Crippen molar-refractivity contribution < 1.29 is 9.59 Å². The van der Waals surface area contributed by atoms with E-state index in [-0.39, 0.29) is 17.9 Å². The number of thiazole rings is 1. The Labute approximate surface area is 188 Å². The number of nitrogens with zero attached hydrogens (tertiary/aromatic N) is 2. The highest BCUT2D eigenvalue weighted by atomic mass is 32.1. The van der Waals surface area contributed by atoms with Crippen molar-refractivity contribution in [3.8, 4) is 9.88 Å². The highest BCUT2D eigenvalue weighted by molar-refractivity contribution is 7.26.